The first-order valence-corrected chi connectivity index (χ1v) is 10.9. The monoisotopic (exact) mass is 535 g/mol. The fourth-order valence-electron chi connectivity index (χ4n) is 4.71. The van der Waals surface area contributed by atoms with Crippen LogP contribution in [0.4, 0.5) is 5.69 Å². The van der Waals surface area contributed by atoms with Gasteiger partial charge in [0.25, 0.3) is 0 Å². The first-order valence-electron chi connectivity index (χ1n) is 10.9. The van der Waals surface area contributed by atoms with Gasteiger partial charge in [-0.05, 0) is 55.5 Å². The maximum absolute atomic E-state index is 5.71. The molecule has 5 rings (SSSR count). The molecule has 1 fully saturated rings. The van der Waals surface area contributed by atoms with Crippen LogP contribution in [0.25, 0.3) is 0 Å². The number of para-hydroxylation sites is 1. The van der Waals surface area contributed by atoms with Crippen molar-refractivity contribution >= 4 is 35.6 Å². The number of fused-ring (bicyclic) bond motifs is 2. The quantitative estimate of drug-likeness (QED) is 0.363. The van der Waals surface area contributed by atoms with Gasteiger partial charge in [-0.15, -0.1) is 24.0 Å². The molecule has 3 aliphatic heterocycles. The molecule has 7 heteroatoms. The van der Waals surface area contributed by atoms with Crippen molar-refractivity contribution in [1.29, 1.82) is 0 Å². The molecule has 0 aliphatic carbocycles. The molecule has 166 valence electrons. The van der Waals surface area contributed by atoms with E-state index in [1.54, 1.807) is 0 Å². The summed E-state index contributed by atoms with van der Waals surface area (Å²) in [7, 11) is 0. The van der Waals surface area contributed by atoms with Gasteiger partial charge in [0.2, 0.25) is 6.79 Å². The highest BCUT2D eigenvalue weighted by molar-refractivity contribution is 14.0. The van der Waals surface area contributed by atoms with Crippen LogP contribution in [0.5, 0.6) is 11.5 Å². The molecule has 0 spiro atoms. The molecule has 6 nitrogen and oxygen atoms in total. The number of benzene rings is 2. The molecule has 3 aliphatic rings. The van der Waals surface area contributed by atoms with E-state index in [2.05, 4.69) is 53.5 Å². The van der Waals surface area contributed by atoms with Crippen LogP contribution in [0.15, 0.2) is 47.5 Å². The van der Waals surface area contributed by atoms with Crippen molar-refractivity contribution in [3.05, 3.63) is 53.6 Å². The van der Waals surface area contributed by atoms with Gasteiger partial charge in [-0.3, -0.25) is 4.99 Å². The number of hydrogen-bond donors (Lipinski definition) is 1. The number of aliphatic imine (C=N–C) groups is 1. The summed E-state index contributed by atoms with van der Waals surface area (Å²) < 4.78 is 16.9. The van der Waals surface area contributed by atoms with Crippen LogP contribution in [-0.4, -0.2) is 45.6 Å². The molecular formula is C24H30IN3O3. The van der Waals surface area contributed by atoms with Crippen LogP contribution < -0.4 is 19.7 Å². The van der Waals surface area contributed by atoms with Crippen molar-refractivity contribution in [1.82, 2.24) is 5.32 Å². The summed E-state index contributed by atoms with van der Waals surface area (Å²) in [4.78, 5) is 7.49. The third-order valence-corrected chi connectivity index (χ3v) is 6.44. The van der Waals surface area contributed by atoms with Crippen molar-refractivity contribution in [2.24, 2.45) is 4.99 Å². The Bertz CT molecular complexity index is 943. The second-order valence-electron chi connectivity index (χ2n) is 8.16. The Labute approximate surface area is 201 Å². The highest BCUT2D eigenvalue weighted by atomic mass is 127. The van der Waals surface area contributed by atoms with E-state index < -0.39 is 0 Å². The fourth-order valence-corrected chi connectivity index (χ4v) is 4.71. The van der Waals surface area contributed by atoms with E-state index in [9.17, 15) is 0 Å². The van der Waals surface area contributed by atoms with Gasteiger partial charge >= 0.3 is 0 Å². The highest BCUT2D eigenvalue weighted by Crippen LogP contribution is 2.41. The highest BCUT2D eigenvalue weighted by Gasteiger charge is 2.36. The molecule has 31 heavy (non-hydrogen) atoms. The van der Waals surface area contributed by atoms with Gasteiger partial charge in [-0.2, -0.15) is 0 Å². The van der Waals surface area contributed by atoms with Crippen LogP contribution in [0.3, 0.4) is 0 Å². The maximum atomic E-state index is 5.71. The molecule has 0 radical (unpaired) electrons. The molecular weight excluding hydrogens is 505 g/mol. The predicted molar refractivity (Wildman–Crippen MR) is 133 cm³/mol. The Morgan fingerprint density at radius 1 is 1.10 bits per heavy atom. The molecule has 3 heterocycles. The summed E-state index contributed by atoms with van der Waals surface area (Å²) in [5, 5.41) is 3.52. The van der Waals surface area contributed by atoms with E-state index in [0.717, 1.165) is 69.6 Å². The zero-order valence-corrected chi connectivity index (χ0v) is 20.3. The minimum Gasteiger partial charge on any atom is -0.454 e. The fraction of sp³-hybridized carbons (Fsp3) is 0.458. The lowest BCUT2D eigenvalue weighted by Crippen LogP contribution is -2.43. The summed E-state index contributed by atoms with van der Waals surface area (Å²) in [5.41, 5.74) is 3.86. The summed E-state index contributed by atoms with van der Waals surface area (Å²) in [6, 6.07) is 15.0. The molecule has 1 N–H and O–H groups in total. The lowest BCUT2D eigenvalue weighted by Gasteiger charge is -2.37. The van der Waals surface area contributed by atoms with E-state index in [1.165, 1.54) is 16.8 Å². The van der Waals surface area contributed by atoms with Gasteiger partial charge in [-0.25, -0.2) is 0 Å². The number of guanidine groups is 1. The van der Waals surface area contributed by atoms with Crippen molar-refractivity contribution < 1.29 is 14.2 Å². The number of anilines is 1. The zero-order valence-electron chi connectivity index (χ0n) is 17.9. The van der Waals surface area contributed by atoms with Crippen molar-refractivity contribution in [3.63, 3.8) is 0 Å². The Morgan fingerprint density at radius 3 is 2.74 bits per heavy atom. The van der Waals surface area contributed by atoms with E-state index in [4.69, 9.17) is 19.2 Å². The number of nitrogens with one attached hydrogen (secondary N) is 1. The summed E-state index contributed by atoms with van der Waals surface area (Å²) in [6.45, 7) is 6.46. The SMILES string of the molecule is CCNC(=NCC1(c2ccc3c(c2)OCO3)CCOCC1)N1CCc2ccccc21.I. The molecule has 0 saturated carbocycles. The molecule has 0 atom stereocenters. The van der Waals surface area contributed by atoms with E-state index in [1.807, 2.05) is 6.07 Å². The van der Waals surface area contributed by atoms with E-state index in [0.29, 0.717) is 6.79 Å². The van der Waals surface area contributed by atoms with Crippen LogP contribution in [0, 0.1) is 0 Å². The number of nitrogens with zero attached hydrogens (tertiary/aromatic N) is 2. The van der Waals surface area contributed by atoms with Crippen LogP contribution in [-0.2, 0) is 16.6 Å². The van der Waals surface area contributed by atoms with Gasteiger partial charge in [0.05, 0.1) is 6.54 Å². The largest absolute Gasteiger partial charge is 0.454 e. The van der Waals surface area contributed by atoms with E-state index in [-0.39, 0.29) is 29.4 Å². The van der Waals surface area contributed by atoms with Crippen molar-refractivity contribution in [2.75, 3.05) is 44.5 Å². The van der Waals surface area contributed by atoms with Gasteiger partial charge < -0.3 is 24.4 Å². The van der Waals surface area contributed by atoms with Gasteiger partial charge in [-0.1, -0.05) is 24.3 Å². The summed E-state index contributed by atoms with van der Waals surface area (Å²) in [6.07, 6.45) is 2.96. The standard InChI is InChI=1S/C24H29N3O3.HI/c1-2-25-23(27-12-9-18-5-3-4-6-20(18)27)26-16-24(10-13-28-14-11-24)19-7-8-21-22(15-19)30-17-29-21;/h3-8,15H,2,9-14,16-17H2,1H3,(H,25,26);1H. The Morgan fingerprint density at radius 2 is 1.90 bits per heavy atom. The van der Waals surface area contributed by atoms with E-state index >= 15 is 0 Å². The zero-order chi connectivity index (χ0) is 20.4. The lowest BCUT2D eigenvalue weighted by molar-refractivity contribution is 0.0530. The summed E-state index contributed by atoms with van der Waals surface area (Å²) >= 11 is 0. The minimum atomic E-state index is -0.0564. The topological polar surface area (TPSA) is 55.3 Å². The molecule has 0 unspecified atom stereocenters. The number of hydrogen-bond acceptors (Lipinski definition) is 4. The molecule has 2 aromatic carbocycles. The van der Waals surface area contributed by atoms with Crippen LogP contribution in [0.1, 0.15) is 30.9 Å². The Hall–Kier alpha value is -2.00. The third-order valence-electron chi connectivity index (χ3n) is 6.44. The molecule has 1 saturated heterocycles. The molecule has 0 bridgehead atoms. The van der Waals surface area contributed by atoms with Crippen molar-refractivity contribution in [2.45, 2.75) is 31.6 Å². The van der Waals surface area contributed by atoms with Crippen LogP contribution >= 0.6 is 24.0 Å². The number of halogens is 1. The normalized spacial score (nSPS) is 19.0. The number of rotatable bonds is 4. The van der Waals surface area contributed by atoms with Crippen molar-refractivity contribution in [3.8, 4) is 11.5 Å². The number of ether oxygens (including phenoxy) is 3. The second-order valence-corrected chi connectivity index (χ2v) is 8.16. The lowest BCUT2D eigenvalue weighted by atomic mass is 9.74. The molecule has 0 aromatic heterocycles. The van der Waals surface area contributed by atoms with Gasteiger partial charge in [0, 0.05) is 37.4 Å². The average Bonchev–Trinajstić information content (AvgIpc) is 3.44. The van der Waals surface area contributed by atoms with Gasteiger partial charge in [0.15, 0.2) is 17.5 Å². The Kier molecular flexibility index (Phi) is 6.91. The molecule has 2 aromatic rings. The smallest absolute Gasteiger partial charge is 0.231 e. The Balaban J connectivity index is 0.00000231. The third kappa shape index (κ3) is 4.35. The average molecular weight is 535 g/mol. The van der Waals surface area contributed by atoms with Gasteiger partial charge in [0.1, 0.15) is 0 Å². The second kappa shape index (κ2) is 9.65. The first kappa shape index (κ1) is 22.2. The minimum absolute atomic E-state index is 0. The maximum Gasteiger partial charge on any atom is 0.231 e. The predicted octanol–water partition coefficient (Wildman–Crippen LogP) is 4.11. The first-order chi connectivity index (χ1) is 14.8. The summed E-state index contributed by atoms with van der Waals surface area (Å²) in [5.74, 6) is 2.63. The molecule has 0 amide bonds. The van der Waals surface area contributed by atoms with Crippen LogP contribution in [0.2, 0.25) is 0 Å².